The molecule has 1 aromatic rings. The van der Waals surface area contributed by atoms with Crippen LogP contribution in [0.2, 0.25) is 0 Å². The van der Waals surface area contributed by atoms with Crippen molar-refractivity contribution in [3.63, 3.8) is 0 Å². The fourth-order valence-electron chi connectivity index (χ4n) is 1.97. The molecular formula is C13H14ClF2NO2. The number of carboxylic acids is 1. The van der Waals surface area contributed by atoms with Crippen LogP contribution in [0.4, 0.5) is 8.78 Å². The molecule has 0 bridgehead atoms. The third kappa shape index (κ3) is 3.30. The van der Waals surface area contributed by atoms with Gasteiger partial charge in [0.25, 0.3) is 0 Å². The van der Waals surface area contributed by atoms with Gasteiger partial charge in [0.15, 0.2) is 0 Å². The summed E-state index contributed by atoms with van der Waals surface area (Å²) in [5.41, 5.74) is 0.247. The van der Waals surface area contributed by atoms with Gasteiger partial charge in [-0.25, -0.2) is 13.6 Å². The minimum Gasteiger partial charge on any atom is -0.478 e. The molecule has 1 aliphatic rings. The fourth-order valence-corrected chi connectivity index (χ4v) is 1.97. The summed E-state index contributed by atoms with van der Waals surface area (Å²) in [4.78, 5) is 12.7. The predicted molar refractivity (Wildman–Crippen MR) is 70.7 cm³/mol. The Balaban J connectivity index is 0.00000180. The molecule has 0 aromatic heterocycles. The first kappa shape index (κ1) is 15.6. The third-order valence-electron chi connectivity index (χ3n) is 3.05. The molecule has 0 fully saturated rings. The van der Waals surface area contributed by atoms with Crippen molar-refractivity contribution in [1.82, 2.24) is 4.90 Å². The Morgan fingerprint density at radius 1 is 1.32 bits per heavy atom. The summed E-state index contributed by atoms with van der Waals surface area (Å²) < 4.78 is 27.3. The lowest BCUT2D eigenvalue weighted by atomic mass is 9.97. The average Bonchev–Trinajstić information content (AvgIpc) is 2.32. The Morgan fingerprint density at radius 2 is 2.00 bits per heavy atom. The summed E-state index contributed by atoms with van der Waals surface area (Å²) >= 11 is 0. The Hall–Kier alpha value is -1.46. The zero-order chi connectivity index (χ0) is 13.3. The van der Waals surface area contributed by atoms with Crippen molar-refractivity contribution in [2.45, 2.75) is 6.42 Å². The van der Waals surface area contributed by atoms with Gasteiger partial charge in [-0.3, -0.25) is 0 Å². The summed E-state index contributed by atoms with van der Waals surface area (Å²) in [5, 5.41) is 8.70. The van der Waals surface area contributed by atoms with Crippen molar-refractivity contribution in [1.29, 1.82) is 0 Å². The maximum absolute atomic E-state index is 13.8. The predicted octanol–water partition coefficient (Wildman–Crippen LogP) is 2.80. The highest BCUT2D eigenvalue weighted by Gasteiger charge is 2.18. The summed E-state index contributed by atoms with van der Waals surface area (Å²) in [6.45, 7) is 1.45. The van der Waals surface area contributed by atoms with E-state index in [9.17, 15) is 13.6 Å². The number of hydrogen-bond donors (Lipinski definition) is 1. The minimum absolute atomic E-state index is 0. The summed E-state index contributed by atoms with van der Waals surface area (Å²) in [6, 6.07) is 1.71. The molecule has 0 radical (unpaired) electrons. The highest BCUT2D eigenvalue weighted by atomic mass is 35.5. The van der Waals surface area contributed by atoms with E-state index in [1.165, 1.54) is 0 Å². The molecule has 0 spiro atoms. The number of carbonyl (C=O) groups is 1. The molecule has 1 aliphatic heterocycles. The van der Waals surface area contributed by atoms with Gasteiger partial charge in [0.2, 0.25) is 0 Å². The number of rotatable bonds is 2. The van der Waals surface area contributed by atoms with Crippen LogP contribution in [-0.2, 0) is 0 Å². The Kier molecular flexibility index (Phi) is 5.03. The monoisotopic (exact) mass is 289 g/mol. The molecule has 1 N–H and O–H groups in total. The maximum atomic E-state index is 13.8. The first-order valence-corrected chi connectivity index (χ1v) is 5.59. The van der Waals surface area contributed by atoms with E-state index in [2.05, 4.69) is 4.90 Å². The molecule has 0 amide bonds. The van der Waals surface area contributed by atoms with E-state index in [4.69, 9.17) is 5.11 Å². The van der Waals surface area contributed by atoms with Crippen LogP contribution in [0.5, 0.6) is 0 Å². The zero-order valence-corrected chi connectivity index (χ0v) is 11.1. The molecule has 19 heavy (non-hydrogen) atoms. The van der Waals surface area contributed by atoms with Gasteiger partial charge in [-0.1, -0.05) is 6.08 Å². The number of benzene rings is 1. The molecule has 0 aliphatic carbocycles. The van der Waals surface area contributed by atoms with Crippen LogP contribution in [0, 0.1) is 11.6 Å². The van der Waals surface area contributed by atoms with Crippen LogP contribution in [-0.4, -0.2) is 36.1 Å². The van der Waals surface area contributed by atoms with Crippen LogP contribution in [0.25, 0.3) is 5.57 Å². The molecule has 0 atom stereocenters. The maximum Gasteiger partial charge on any atom is 0.338 e. The lowest BCUT2D eigenvalue weighted by Crippen LogP contribution is -2.24. The normalized spacial score (nSPS) is 15.6. The Morgan fingerprint density at radius 3 is 2.53 bits per heavy atom. The first-order valence-electron chi connectivity index (χ1n) is 5.59. The van der Waals surface area contributed by atoms with Crippen molar-refractivity contribution < 1.29 is 18.7 Å². The van der Waals surface area contributed by atoms with Gasteiger partial charge in [-0.15, -0.1) is 12.4 Å². The molecular weight excluding hydrogens is 276 g/mol. The van der Waals surface area contributed by atoms with Crippen LogP contribution >= 0.6 is 12.4 Å². The molecule has 0 saturated heterocycles. The van der Waals surface area contributed by atoms with Gasteiger partial charge >= 0.3 is 5.97 Å². The van der Waals surface area contributed by atoms with Gasteiger partial charge in [-0.05, 0) is 31.2 Å². The van der Waals surface area contributed by atoms with Gasteiger partial charge in [0.1, 0.15) is 11.6 Å². The highest BCUT2D eigenvalue weighted by Crippen LogP contribution is 2.26. The second-order valence-electron chi connectivity index (χ2n) is 4.36. The van der Waals surface area contributed by atoms with Crippen molar-refractivity contribution in [3.8, 4) is 0 Å². The molecule has 6 heteroatoms. The number of aromatic carboxylic acids is 1. The summed E-state index contributed by atoms with van der Waals surface area (Å²) in [7, 11) is 1.94. The molecule has 104 valence electrons. The number of nitrogens with zero attached hydrogens (tertiary/aromatic N) is 1. The van der Waals surface area contributed by atoms with E-state index in [0.29, 0.717) is 13.0 Å². The van der Waals surface area contributed by atoms with Gasteiger partial charge < -0.3 is 10.0 Å². The topological polar surface area (TPSA) is 40.5 Å². The molecule has 0 unspecified atom stereocenters. The van der Waals surface area contributed by atoms with Crippen LogP contribution in [0.1, 0.15) is 22.3 Å². The largest absolute Gasteiger partial charge is 0.478 e. The second kappa shape index (κ2) is 6.12. The van der Waals surface area contributed by atoms with Crippen molar-refractivity contribution >= 4 is 23.9 Å². The number of carboxylic acid groups (broad SMARTS) is 1. The molecule has 2 rings (SSSR count). The van der Waals surface area contributed by atoms with Crippen LogP contribution in [0.15, 0.2) is 18.2 Å². The SMILES string of the molecule is CN1CC=C(c2cc(F)c(C(=O)O)cc2F)CC1.Cl. The van der Waals surface area contributed by atoms with Crippen LogP contribution in [0.3, 0.4) is 0 Å². The number of likely N-dealkylation sites (N-methyl/N-ethyl adjacent to an activating group) is 1. The number of halogens is 3. The number of hydrogen-bond acceptors (Lipinski definition) is 2. The lowest BCUT2D eigenvalue weighted by molar-refractivity contribution is 0.0691. The van der Waals surface area contributed by atoms with Gasteiger partial charge in [0, 0.05) is 18.7 Å². The van der Waals surface area contributed by atoms with E-state index >= 15 is 0 Å². The summed E-state index contributed by atoms with van der Waals surface area (Å²) in [5.74, 6) is -3.06. The fraction of sp³-hybridized carbons (Fsp3) is 0.308. The lowest BCUT2D eigenvalue weighted by Gasteiger charge is -2.22. The van der Waals surface area contributed by atoms with Crippen LogP contribution < -0.4 is 0 Å². The molecule has 1 aromatic carbocycles. The molecule has 0 saturated carbocycles. The zero-order valence-electron chi connectivity index (χ0n) is 10.3. The average molecular weight is 290 g/mol. The smallest absolute Gasteiger partial charge is 0.338 e. The van der Waals surface area contributed by atoms with E-state index in [-0.39, 0.29) is 18.0 Å². The quantitative estimate of drug-likeness (QED) is 0.910. The van der Waals surface area contributed by atoms with Crippen molar-refractivity contribution in [2.75, 3.05) is 20.1 Å². The molecule has 3 nitrogen and oxygen atoms in total. The second-order valence-corrected chi connectivity index (χ2v) is 4.36. The standard InChI is InChI=1S/C13H13F2NO2.ClH/c1-16-4-2-8(3-5-16)9-6-12(15)10(13(17)18)7-11(9)14;/h2,6-7H,3-5H2,1H3,(H,17,18);1H. The third-order valence-corrected chi connectivity index (χ3v) is 3.05. The highest BCUT2D eigenvalue weighted by molar-refractivity contribution is 5.88. The summed E-state index contributed by atoms with van der Waals surface area (Å²) in [6.07, 6.45) is 2.46. The molecule has 1 heterocycles. The van der Waals surface area contributed by atoms with Gasteiger partial charge in [-0.2, -0.15) is 0 Å². The van der Waals surface area contributed by atoms with E-state index in [1.807, 2.05) is 13.1 Å². The van der Waals surface area contributed by atoms with Crippen molar-refractivity contribution in [3.05, 3.63) is 41.0 Å². The Labute approximate surface area is 115 Å². The Bertz CT molecular complexity index is 532. The van der Waals surface area contributed by atoms with Crippen molar-refractivity contribution in [2.24, 2.45) is 0 Å². The van der Waals surface area contributed by atoms with Gasteiger partial charge in [0.05, 0.1) is 5.56 Å². The van der Waals surface area contributed by atoms with E-state index < -0.39 is 23.2 Å². The first-order chi connectivity index (χ1) is 8.49. The minimum atomic E-state index is -1.46. The van der Waals surface area contributed by atoms with E-state index in [1.54, 1.807) is 0 Å². The van der Waals surface area contributed by atoms with E-state index in [0.717, 1.165) is 24.3 Å².